The van der Waals surface area contributed by atoms with E-state index >= 15 is 0 Å². The first-order valence-electron chi connectivity index (χ1n) is 15.3. The minimum atomic E-state index is -1.03. The number of amides is 5. The summed E-state index contributed by atoms with van der Waals surface area (Å²) in [5.74, 6) is -1.79. The molecule has 0 radical (unpaired) electrons. The molecule has 0 unspecified atom stereocenters. The lowest BCUT2D eigenvalue weighted by Gasteiger charge is -2.31. The Balaban J connectivity index is 1.95. The van der Waals surface area contributed by atoms with Crippen molar-refractivity contribution in [1.82, 2.24) is 31.2 Å². The molecule has 1 aliphatic heterocycles. The average molecular weight is 643 g/mol. The molecular weight excluding hydrogens is 596 g/mol. The molecule has 13 heteroatoms. The van der Waals surface area contributed by atoms with Crippen molar-refractivity contribution in [1.29, 1.82) is 0 Å². The van der Waals surface area contributed by atoms with Crippen LogP contribution in [-0.2, 0) is 36.8 Å². The maximum Gasteiger partial charge on any atom is 0.243 e. The van der Waals surface area contributed by atoms with Crippen LogP contribution in [0.4, 0.5) is 0 Å². The van der Waals surface area contributed by atoms with Gasteiger partial charge >= 0.3 is 0 Å². The van der Waals surface area contributed by atoms with Crippen LogP contribution in [-0.4, -0.2) is 83.8 Å². The summed E-state index contributed by atoms with van der Waals surface area (Å²) < 4.78 is 5.23. The summed E-state index contributed by atoms with van der Waals surface area (Å²) in [4.78, 5) is 73.2. The lowest BCUT2D eigenvalue weighted by molar-refractivity contribution is -0.137. The van der Waals surface area contributed by atoms with E-state index in [0.29, 0.717) is 17.9 Å². The first-order valence-corrected chi connectivity index (χ1v) is 16.2. The monoisotopic (exact) mass is 642 g/mol. The van der Waals surface area contributed by atoms with E-state index in [0.717, 1.165) is 10.6 Å². The zero-order chi connectivity index (χ0) is 33.3. The Labute approximate surface area is 269 Å². The van der Waals surface area contributed by atoms with Gasteiger partial charge in [0.2, 0.25) is 29.5 Å². The quantitative estimate of drug-likeness (QED) is 0.342. The molecule has 45 heavy (non-hydrogen) atoms. The highest BCUT2D eigenvalue weighted by Crippen LogP contribution is 2.15. The van der Waals surface area contributed by atoms with Gasteiger partial charge in [0.25, 0.3) is 0 Å². The lowest BCUT2D eigenvalue weighted by Crippen LogP contribution is -2.57. The SMILES string of the molecule is COc1ccc(C[C@@H]2NC(=O)[C@H](CC(C)C)NC(=O)CN(C(=O)Cc3csc(C)n3)C[C@H](C(C)C)NC(=O)[C@@H](C)NC2=O)cc1. The van der Waals surface area contributed by atoms with Crippen molar-refractivity contribution in [3.63, 3.8) is 0 Å². The Morgan fingerprint density at radius 1 is 0.978 bits per heavy atom. The summed E-state index contributed by atoms with van der Waals surface area (Å²) in [7, 11) is 1.55. The number of hydrogen-bond donors (Lipinski definition) is 4. The zero-order valence-electron chi connectivity index (χ0n) is 27.1. The normalized spacial score (nSPS) is 22.2. The standard InChI is InChI=1S/C32H46N6O6S/c1-18(2)12-25-32(43)36-26(13-22-8-10-24(44-7)11-9-22)31(42)33-20(5)30(41)37-27(19(3)4)15-38(16-28(39)35-25)29(40)14-23-17-45-21(6)34-23/h8-11,17-20,25-27H,12-16H2,1-7H3,(H,33,42)(H,35,39)(H,36,43)(H,37,41)/t20-,25+,26+,27-/m1/s1. The summed E-state index contributed by atoms with van der Waals surface area (Å²) in [6, 6.07) is 3.67. The van der Waals surface area contributed by atoms with Gasteiger partial charge < -0.3 is 30.9 Å². The number of methoxy groups -OCH3 is 1. The Hall–Kier alpha value is -4.00. The van der Waals surface area contributed by atoms with Gasteiger partial charge in [-0.3, -0.25) is 24.0 Å². The molecule has 5 amide bonds. The molecule has 2 aromatic rings. The minimum absolute atomic E-state index is 0.00814. The Kier molecular flexibility index (Phi) is 12.9. The number of benzene rings is 1. The Bertz CT molecular complexity index is 1340. The van der Waals surface area contributed by atoms with Crippen molar-refractivity contribution in [2.45, 2.75) is 85.0 Å². The number of aromatic nitrogens is 1. The van der Waals surface area contributed by atoms with E-state index < -0.39 is 47.8 Å². The van der Waals surface area contributed by atoms with Crippen molar-refractivity contribution >= 4 is 40.9 Å². The van der Waals surface area contributed by atoms with Gasteiger partial charge in [0.05, 0.1) is 30.8 Å². The highest BCUT2D eigenvalue weighted by atomic mass is 32.1. The van der Waals surface area contributed by atoms with Gasteiger partial charge in [-0.2, -0.15) is 0 Å². The predicted octanol–water partition coefficient (Wildman–Crippen LogP) is 1.75. The second-order valence-corrected chi connectivity index (χ2v) is 13.3. The van der Waals surface area contributed by atoms with Crippen molar-refractivity contribution < 1.29 is 28.7 Å². The first kappa shape index (κ1) is 35.5. The molecular formula is C32H46N6O6S. The third-order valence-electron chi connectivity index (χ3n) is 7.58. The molecule has 0 bridgehead atoms. The van der Waals surface area contributed by atoms with Gasteiger partial charge in [0.15, 0.2) is 0 Å². The van der Waals surface area contributed by atoms with Crippen molar-refractivity contribution in [2.24, 2.45) is 11.8 Å². The summed E-state index contributed by atoms with van der Waals surface area (Å²) >= 11 is 1.43. The molecule has 4 N–H and O–H groups in total. The van der Waals surface area contributed by atoms with Crippen molar-refractivity contribution in [3.05, 3.63) is 45.9 Å². The summed E-state index contributed by atoms with van der Waals surface area (Å²) in [5.41, 5.74) is 1.36. The summed E-state index contributed by atoms with van der Waals surface area (Å²) in [6.45, 7) is 10.8. The largest absolute Gasteiger partial charge is 0.497 e. The van der Waals surface area contributed by atoms with Gasteiger partial charge in [0, 0.05) is 24.4 Å². The van der Waals surface area contributed by atoms with Crippen LogP contribution in [0.15, 0.2) is 29.6 Å². The first-order chi connectivity index (χ1) is 21.2. The maximum atomic E-state index is 13.6. The molecule has 1 aromatic carbocycles. The fraction of sp³-hybridized carbons (Fsp3) is 0.562. The lowest BCUT2D eigenvalue weighted by atomic mass is 10.0. The average Bonchev–Trinajstić information content (AvgIpc) is 3.38. The fourth-order valence-corrected chi connectivity index (χ4v) is 5.57. The van der Waals surface area contributed by atoms with Gasteiger partial charge in [-0.25, -0.2) is 4.98 Å². The second kappa shape index (κ2) is 16.4. The molecule has 0 saturated carbocycles. The van der Waals surface area contributed by atoms with Crippen LogP contribution >= 0.6 is 11.3 Å². The molecule has 1 saturated heterocycles. The van der Waals surface area contributed by atoms with E-state index in [1.807, 2.05) is 34.6 Å². The number of nitrogens with zero attached hydrogens (tertiary/aromatic N) is 2. The van der Waals surface area contributed by atoms with Crippen LogP contribution in [0.5, 0.6) is 5.75 Å². The van der Waals surface area contributed by atoms with Crippen molar-refractivity contribution in [3.8, 4) is 5.75 Å². The van der Waals surface area contributed by atoms with E-state index in [4.69, 9.17) is 4.74 Å². The van der Waals surface area contributed by atoms with E-state index in [9.17, 15) is 24.0 Å². The van der Waals surface area contributed by atoms with Crippen molar-refractivity contribution in [2.75, 3.05) is 20.2 Å². The molecule has 12 nitrogen and oxygen atoms in total. The van der Waals surface area contributed by atoms with Crippen LogP contribution in [0.25, 0.3) is 0 Å². The number of nitrogens with one attached hydrogen (secondary N) is 4. The molecule has 3 rings (SSSR count). The number of thiazole rings is 1. The van der Waals surface area contributed by atoms with Gasteiger partial charge in [-0.15, -0.1) is 11.3 Å². The number of hydrogen-bond acceptors (Lipinski definition) is 8. The number of rotatable bonds is 8. The van der Waals surface area contributed by atoms with Crippen LogP contribution in [0, 0.1) is 18.8 Å². The number of aryl methyl sites for hydroxylation is 1. The van der Waals surface area contributed by atoms with Gasteiger partial charge in [-0.05, 0) is 49.8 Å². The van der Waals surface area contributed by atoms with Gasteiger partial charge in [-0.1, -0.05) is 39.8 Å². The highest BCUT2D eigenvalue weighted by molar-refractivity contribution is 7.09. The van der Waals surface area contributed by atoms with E-state index in [2.05, 4.69) is 26.3 Å². The smallest absolute Gasteiger partial charge is 0.243 e. The third-order valence-corrected chi connectivity index (χ3v) is 8.40. The summed E-state index contributed by atoms with van der Waals surface area (Å²) in [5, 5.41) is 13.9. The minimum Gasteiger partial charge on any atom is -0.497 e. The fourth-order valence-electron chi connectivity index (χ4n) is 4.95. The topological polar surface area (TPSA) is 159 Å². The van der Waals surface area contributed by atoms with Crippen LogP contribution in [0.2, 0.25) is 0 Å². The van der Waals surface area contributed by atoms with E-state index in [1.165, 1.54) is 16.2 Å². The number of ether oxygens (including phenoxy) is 1. The Morgan fingerprint density at radius 2 is 1.64 bits per heavy atom. The molecule has 1 aliphatic rings. The van der Waals surface area contributed by atoms with Gasteiger partial charge in [0.1, 0.15) is 23.9 Å². The highest BCUT2D eigenvalue weighted by Gasteiger charge is 2.32. The zero-order valence-corrected chi connectivity index (χ0v) is 28.0. The maximum absolute atomic E-state index is 13.6. The number of carbonyl (C=O) groups is 5. The molecule has 246 valence electrons. The molecule has 0 spiro atoms. The predicted molar refractivity (Wildman–Crippen MR) is 172 cm³/mol. The second-order valence-electron chi connectivity index (χ2n) is 12.3. The van der Waals surface area contributed by atoms with E-state index in [-0.39, 0.29) is 43.7 Å². The van der Waals surface area contributed by atoms with Crippen LogP contribution in [0.1, 0.15) is 57.3 Å². The van der Waals surface area contributed by atoms with Crippen LogP contribution < -0.4 is 26.0 Å². The molecule has 4 atom stereocenters. The third kappa shape index (κ3) is 10.8. The number of carbonyl (C=O) groups excluding carboxylic acids is 5. The molecule has 2 heterocycles. The Morgan fingerprint density at radius 3 is 2.22 bits per heavy atom. The molecule has 0 aliphatic carbocycles. The molecule has 1 fully saturated rings. The van der Waals surface area contributed by atoms with E-state index in [1.54, 1.807) is 43.7 Å². The summed E-state index contributed by atoms with van der Waals surface area (Å²) in [6.07, 6.45) is 0.447. The molecule has 1 aromatic heterocycles. The van der Waals surface area contributed by atoms with Crippen LogP contribution in [0.3, 0.4) is 0 Å².